The van der Waals surface area contributed by atoms with E-state index in [0.29, 0.717) is 18.7 Å². The van der Waals surface area contributed by atoms with Gasteiger partial charge in [0.15, 0.2) is 0 Å². The van der Waals surface area contributed by atoms with Crippen LogP contribution >= 0.6 is 0 Å². The predicted molar refractivity (Wildman–Crippen MR) is 68.4 cm³/mol. The summed E-state index contributed by atoms with van der Waals surface area (Å²) in [4.78, 5) is 26.0. The zero-order valence-electron chi connectivity index (χ0n) is 11.2. The Hall–Kier alpha value is -1.58. The van der Waals surface area contributed by atoms with Crippen LogP contribution in [0.3, 0.4) is 0 Å². The van der Waals surface area contributed by atoms with Crippen LogP contribution in [0.2, 0.25) is 0 Å². The third kappa shape index (κ3) is 2.40. The van der Waals surface area contributed by atoms with Crippen LogP contribution in [0.25, 0.3) is 0 Å². The molecule has 0 saturated heterocycles. The van der Waals surface area contributed by atoms with E-state index >= 15 is 0 Å². The first-order valence-electron chi connectivity index (χ1n) is 5.90. The Morgan fingerprint density at radius 1 is 1.29 bits per heavy atom. The first kappa shape index (κ1) is 13.5. The quantitative estimate of drug-likeness (QED) is 0.798. The van der Waals surface area contributed by atoms with Crippen LogP contribution < -0.4 is 5.56 Å². The lowest BCUT2D eigenvalue weighted by atomic mass is 10.1. The summed E-state index contributed by atoms with van der Waals surface area (Å²) < 4.78 is 1.52. The molecule has 0 radical (unpaired) electrons. The number of carbonyl (C=O) groups is 1. The van der Waals surface area contributed by atoms with Crippen molar-refractivity contribution in [1.29, 1.82) is 0 Å². The molecule has 0 spiro atoms. The average molecular weight is 236 g/mol. The number of aromatic nitrogens is 1. The van der Waals surface area contributed by atoms with Crippen molar-refractivity contribution in [3.05, 3.63) is 33.2 Å². The second-order valence-electron chi connectivity index (χ2n) is 4.19. The van der Waals surface area contributed by atoms with Crippen molar-refractivity contribution in [2.75, 3.05) is 13.1 Å². The van der Waals surface area contributed by atoms with Crippen LogP contribution in [0.4, 0.5) is 0 Å². The molecule has 17 heavy (non-hydrogen) atoms. The van der Waals surface area contributed by atoms with Gasteiger partial charge in [0.25, 0.3) is 11.5 Å². The van der Waals surface area contributed by atoms with Gasteiger partial charge in [-0.1, -0.05) is 0 Å². The van der Waals surface area contributed by atoms with E-state index in [0.717, 1.165) is 11.3 Å². The topological polar surface area (TPSA) is 42.3 Å². The summed E-state index contributed by atoms with van der Waals surface area (Å²) in [6.07, 6.45) is 0. The minimum absolute atomic E-state index is 0.173. The van der Waals surface area contributed by atoms with Crippen molar-refractivity contribution in [1.82, 2.24) is 9.47 Å². The second-order valence-corrected chi connectivity index (χ2v) is 4.19. The number of hydrogen-bond donors (Lipinski definition) is 0. The minimum Gasteiger partial charge on any atom is -0.339 e. The normalized spacial score (nSPS) is 10.4. The number of amides is 1. The molecule has 0 aliphatic rings. The second kappa shape index (κ2) is 5.17. The Morgan fingerprint density at radius 3 is 2.29 bits per heavy atom. The van der Waals surface area contributed by atoms with Gasteiger partial charge in [0, 0.05) is 25.8 Å². The molecule has 0 saturated carbocycles. The third-order valence-electron chi connectivity index (χ3n) is 3.13. The summed E-state index contributed by atoms with van der Waals surface area (Å²) >= 11 is 0. The van der Waals surface area contributed by atoms with Gasteiger partial charge in [-0.05, 0) is 39.3 Å². The first-order chi connectivity index (χ1) is 7.93. The van der Waals surface area contributed by atoms with E-state index in [1.54, 1.807) is 11.9 Å². The van der Waals surface area contributed by atoms with Crippen LogP contribution in [-0.4, -0.2) is 28.5 Å². The zero-order valence-corrected chi connectivity index (χ0v) is 11.2. The SMILES string of the molecule is CCN(CC)C(=O)c1c(C)cc(C)n(C)c1=O. The van der Waals surface area contributed by atoms with Gasteiger partial charge < -0.3 is 9.47 Å². The van der Waals surface area contributed by atoms with Crippen molar-refractivity contribution in [3.8, 4) is 0 Å². The van der Waals surface area contributed by atoms with Gasteiger partial charge in [-0.15, -0.1) is 0 Å². The molecule has 1 rings (SSSR count). The molecule has 4 heteroatoms. The number of aryl methyl sites for hydroxylation is 2. The Balaban J connectivity index is 3.37. The van der Waals surface area contributed by atoms with E-state index in [1.807, 2.05) is 33.8 Å². The highest BCUT2D eigenvalue weighted by Crippen LogP contribution is 2.08. The van der Waals surface area contributed by atoms with Gasteiger partial charge in [0.2, 0.25) is 0 Å². The van der Waals surface area contributed by atoms with Crippen molar-refractivity contribution >= 4 is 5.91 Å². The van der Waals surface area contributed by atoms with Crippen molar-refractivity contribution < 1.29 is 4.79 Å². The lowest BCUT2D eigenvalue weighted by Crippen LogP contribution is -2.37. The molecule has 1 amide bonds. The van der Waals surface area contributed by atoms with E-state index in [4.69, 9.17) is 0 Å². The van der Waals surface area contributed by atoms with Gasteiger partial charge >= 0.3 is 0 Å². The monoisotopic (exact) mass is 236 g/mol. The van der Waals surface area contributed by atoms with Crippen LogP contribution in [0.1, 0.15) is 35.5 Å². The molecule has 0 N–H and O–H groups in total. The maximum absolute atomic E-state index is 12.2. The summed E-state index contributed by atoms with van der Waals surface area (Å²) in [7, 11) is 1.69. The Kier molecular flexibility index (Phi) is 4.10. The van der Waals surface area contributed by atoms with Crippen molar-refractivity contribution in [2.24, 2.45) is 7.05 Å². The number of carbonyl (C=O) groups excluding carboxylic acids is 1. The largest absolute Gasteiger partial charge is 0.339 e. The van der Waals surface area contributed by atoms with Crippen LogP contribution in [0.15, 0.2) is 10.9 Å². The van der Waals surface area contributed by atoms with Crippen molar-refractivity contribution in [2.45, 2.75) is 27.7 Å². The highest BCUT2D eigenvalue weighted by Gasteiger charge is 2.20. The van der Waals surface area contributed by atoms with Gasteiger partial charge in [0.05, 0.1) is 0 Å². The van der Waals surface area contributed by atoms with Crippen LogP contribution in [-0.2, 0) is 7.05 Å². The fourth-order valence-electron chi connectivity index (χ4n) is 1.91. The maximum Gasteiger partial charge on any atom is 0.263 e. The van der Waals surface area contributed by atoms with E-state index in [2.05, 4.69) is 0 Å². The molecule has 1 aromatic heterocycles. The smallest absolute Gasteiger partial charge is 0.263 e. The van der Waals surface area contributed by atoms with Crippen molar-refractivity contribution in [3.63, 3.8) is 0 Å². The minimum atomic E-state index is -0.209. The lowest BCUT2D eigenvalue weighted by Gasteiger charge is -2.20. The Labute approximate surface area is 102 Å². The molecule has 0 aliphatic carbocycles. The molecule has 1 aromatic rings. The maximum atomic E-state index is 12.2. The summed E-state index contributed by atoms with van der Waals surface area (Å²) in [6.45, 7) is 8.73. The number of pyridine rings is 1. The zero-order chi connectivity index (χ0) is 13.2. The van der Waals surface area contributed by atoms with Gasteiger partial charge in [-0.25, -0.2) is 0 Å². The first-order valence-corrected chi connectivity index (χ1v) is 5.90. The van der Waals surface area contributed by atoms with Gasteiger partial charge in [0.1, 0.15) is 5.56 Å². The molecule has 0 atom stereocenters. The molecule has 0 fully saturated rings. The fraction of sp³-hybridized carbons (Fsp3) is 0.538. The third-order valence-corrected chi connectivity index (χ3v) is 3.13. The predicted octanol–water partition coefficient (Wildman–Crippen LogP) is 1.48. The molecule has 94 valence electrons. The molecule has 0 aliphatic heterocycles. The highest BCUT2D eigenvalue weighted by molar-refractivity contribution is 5.95. The summed E-state index contributed by atoms with van der Waals surface area (Å²) in [5.41, 5.74) is 1.70. The molecule has 1 heterocycles. The van der Waals surface area contributed by atoms with E-state index in [-0.39, 0.29) is 11.5 Å². The molecule has 0 bridgehead atoms. The van der Waals surface area contributed by atoms with E-state index in [9.17, 15) is 9.59 Å². The highest BCUT2D eigenvalue weighted by atomic mass is 16.2. The van der Waals surface area contributed by atoms with Gasteiger partial charge in [-0.3, -0.25) is 9.59 Å². The average Bonchev–Trinajstić information content (AvgIpc) is 2.28. The van der Waals surface area contributed by atoms with Gasteiger partial charge in [-0.2, -0.15) is 0 Å². The number of nitrogens with zero attached hydrogens (tertiary/aromatic N) is 2. The summed E-state index contributed by atoms with van der Waals surface area (Å²) in [5.74, 6) is -0.173. The van der Waals surface area contributed by atoms with E-state index < -0.39 is 0 Å². The Morgan fingerprint density at radius 2 is 1.82 bits per heavy atom. The summed E-state index contributed by atoms with van der Waals surface area (Å²) in [6, 6.07) is 1.87. The fourth-order valence-corrected chi connectivity index (χ4v) is 1.91. The Bertz CT molecular complexity index is 485. The molecule has 0 aromatic carbocycles. The lowest BCUT2D eigenvalue weighted by molar-refractivity contribution is 0.0770. The number of rotatable bonds is 3. The molecular weight excluding hydrogens is 216 g/mol. The summed E-state index contributed by atoms with van der Waals surface area (Å²) in [5, 5.41) is 0. The van der Waals surface area contributed by atoms with Crippen LogP contribution in [0, 0.1) is 13.8 Å². The molecule has 4 nitrogen and oxygen atoms in total. The van der Waals surface area contributed by atoms with Crippen LogP contribution in [0.5, 0.6) is 0 Å². The number of hydrogen-bond acceptors (Lipinski definition) is 2. The standard InChI is InChI=1S/C13H20N2O2/c1-6-15(7-2)13(17)11-9(3)8-10(4)14(5)12(11)16/h8H,6-7H2,1-5H3. The van der Waals surface area contributed by atoms with E-state index in [1.165, 1.54) is 4.57 Å². The molecule has 0 unspecified atom stereocenters. The molecular formula is C13H20N2O2.